The van der Waals surface area contributed by atoms with Crippen LogP contribution in [0.2, 0.25) is 0 Å². The predicted molar refractivity (Wildman–Crippen MR) is 85.6 cm³/mol. The number of rotatable bonds is 5. The second kappa shape index (κ2) is 7.93. The summed E-state index contributed by atoms with van der Waals surface area (Å²) in [5.41, 5.74) is 5.56. The Hall–Kier alpha value is -0.680. The van der Waals surface area contributed by atoms with Crippen LogP contribution in [0, 0.1) is 5.92 Å². The third kappa shape index (κ3) is 5.02. The number of carbonyl (C=O) groups excluding carboxylic acids is 1. The first-order valence-corrected chi connectivity index (χ1v) is 8.34. The molecule has 2 N–H and O–H groups in total. The van der Waals surface area contributed by atoms with Crippen molar-refractivity contribution in [1.82, 2.24) is 9.80 Å². The fourth-order valence-corrected chi connectivity index (χ4v) is 3.52. The highest BCUT2D eigenvalue weighted by Crippen LogP contribution is 2.27. The maximum absolute atomic E-state index is 12.2. The van der Waals surface area contributed by atoms with E-state index in [1.54, 1.807) is 0 Å². The van der Waals surface area contributed by atoms with Crippen LogP contribution in [0.3, 0.4) is 0 Å². The highest BCUT2D eigenvalue weighted by atomic mass is 32.1. The van der Waals surface area contributed by atoms with Crippen LogP contribution in [-0.2, 0) is 4.79 Å². The number of hydrogen-bond acceptors (Lipinski definition) is 3. The van der Waals surface area contributed by atoms with Crippen molar-refractivity contribution in [1.29, 1.82) is 0 Å². The lowest BCUT2D eigenvalue weighted by molar-refractivity contribution is -0.133. The van der Waals surface area contributed by atoms with Crippen LogP contribution in [-0.4, -0.2) is 53.4 Å². The molecule has 1 saturated heterocycles. The lowest BCUT2D eigenvalue weighted by Gasteiger charge is -2.34. The molecule has 2 aliphatic rings. The largest absolute Gasteiger partial charge is 0.392 e. The number of carbonyl (C=O) groups is 1. The Labute approximate surface area is 127 Å². The zero-order valence-corrected chi connectivity index (χ0v) is 13.2. The van der Waals surface area contributed by atoms with E-state index in [4.69, 9.17) is 18.0 Å². The van der Waals surface area contributed by atoms with E-state index in [0.29, 0.717) is 17.4 Å². The number of nitrogens with zero attached hydrogens (tertiary/aromatic N) is 2. The van der Waals surface area contributed by atoms with E-state index in [0.717, 1.165) is 44.9 Å². The lowest BCUT2D eigenvalue weighted by Crippen LogP contribution is -2.50. The highest BCUT2D eigenvalue weighted by Gasteiger charge is 2.22. The van der Waals surface area contributed by atoms with Gasteiger partial charge < -0.3 is 10.6 Å². The summed E-state index contributed by atoms with van der Waals surface area (Å²) in [6.45, 7) is 4.12. The van der Waals surface area contributed by atoms with Crippen LogP contribution in [0.5, 0.6) is 0 Å². The quantitative estimate of drug-likeness (QED) is 0.786. The van der Waals surface area contributed by atoms with Gasteiger partial charge in [0.25, 0.3) is 0 Å². The Morgan fingerprint density at radius 1 is 1.10 bits per heavy atom. The van der Waals surface area contributed by atoms with E-state index in [1.807, 2.05) is 4.90 Å². The summed E-state index contributed by atoms with van der Waals surface area (Å²) in [6.07, 6.45) is 8.58. The molecule has 0 bridgehead atoms. The van der Waals surface area contributed by atoms with Crippen LogP contribution < -0.4 is 5.73 Å². The van der Waals surface area contributed by atoms with E-state index >= 15 is 0 Å². The molecule has 20 heavy (non-hydrogen) atoms. The molecular weight excluding hydrogens is 270 g/mol. The minimum Gasteiger partial charge on any atom is -0.392 e. The summed E-state index contributed by atoms with van der Waals surface area (Å²) in [5, 5.41) is 0. The number of thiocarbonyl (C=S) groups is 1. The molecule has 1 aliphatic carbocycles. The smallest absolute Gasteiger partial charge is 0.222 e. The van der Waals surface area contributed by atoms with Gasteiger partial charge in [-0.25, -0.2) is 0 Å². The Morgan fingerprint density at radius 3 is 2.35 bits per heavy atom. The van der Waals surface area contributed by atoms with Gasteiger partial charge in [-0.3, -0.25) is 9.69 Å². The molecule has 2 rings (SSSR count). The molecule has 114 valence electrons. The van der Waals surface area contributed by atoms with Gasteiger partial charge >= 0.3 is 0 Å². The van der Waals surface area contributed by atoms with Gasteiger partial charge in [-0.05, 0) is 12.3 Å². The summed E-state index contributed by atoms with van der Waals surface area (Å²) in [6, 6.07) is 0. The van der Waals surface area contributed by atoms with Gasteiger partial charge in [0.05, 0.1) is 4.99 Å². The average molecular weight is 297 g/mol. The van der Waals surface area contributed by atoms with Crippen molar-refractivity contribution in [3.8, 4) is 0 Å². The zero-order valence-electron chi connectivity index (χ0n) is 12.4. The van der Waals surface area contributed by atoms with E-state index in [2.05, 4.69) is 4.90 Å². The zero-order chi connectivity index (χ0) is 14.4. The van der Waals surface area contributed by atoms with Crippen molar-refractivity contribution in [2.75, 3.05) is 32.7 Å². The van der Waals surface area contributed by atoms with Crippen LogP contribution in [0.15, 0.2) is 0 Å². The van der Waals surface area contributed by atoms with Gasteiger partial charge in [0, 0.05) is 39.1 Å². The normalized spacial score (nSPS) is 21.9. The predicted octanol–water partition coefficient (Wildman–Crippen LogP) is 1.78. The Balaban J connectivity index is 1.65. The molecule has 0 aromatic rings. The monoisotopic (exact) mass is 297 g/mol. The third-order valence-corrected chi connectivity index (χ3v) is 4.72. The first-order valence-electron chi connectivity index (χ1n) is 7.93. The molecule has 4 nitrogen and oxygen atoms in total. The van der Waals surface area contributed by atoms with Crippen molar-refractivity contribution in [3.05, 3.63) is 0 Å². The highest BCUT2D eigenvalue weighted by molar-refractivity contribution is 7.80. The van der Waals surface area contributed by atoms with Gasteiger partial charge in [-0.2, -0.15) is 0 Å². The second-order valence-electron chi connectivity index (χ2n) is 6.17. The van der Waals surface area contributed by atoms with Crippen molar-refractivity contribution in [2.24, 2.45) is 11.7 Å². The fourth-order valence-electron chi connectivity index (χ4n) is 3.34. The maximum atomic E-state index is 12.2. The van der Waals surface area contributed by atoms with Gasteiger partial charge in [0.1, 0.15) is 0 Å². The molecule has 1 amide bonds. The summed E-state index contributed by atoms with van der Waals surface area (Å²) in [4.78, 5) is 17.0. The molecule has 1 aliphatic heterocycles. The van der Waals surface area contributed by atoms with E-state index in [9.17, 15) is 4.79 Å². The molecule has 0 unspecified atom stereocenters. The molecule has 0 aromatic carbocycles. The second-order valence-corrected chi connectivity index (χ2v) is 6.69. The number of amides is 1. The average Bonchev–Trinajstić information content (AvgIpc) is 2.46. The minimum atomic E-state index is 0.338. The molecule has 0 aromatic heterocycles. The molecule has 1 heterocycles. The molecule has 2 fully saturated rings. The Bertz CT molecular complexity index is 334. The Morgan fingerprint density at radius 2 is 1.75 bits per heavy atom. The molecule has 0 atom stereocenters. The summed E-state index contributed by atoms with van der Waals surface area (Å²) >= 11 is 4.93. The van der Waals surface area contributed by atoms with Crippen molar-refractivity contribution < 1.29 is 4.79 Å². The van der Waals surface area contributed by atoms with Gasteiger partial charge in [0.15, 0.2) is 0 Å². The van der Waals surface area contributed by atoms with Crippen LogP contribution in [0.25, 0.3) is 0 Å². The number of piperazine rings is 1. The van der Waals surface area contributed by atoms with Crippen LogP contribution in [0.4, 0.5) is 0 Å². The molecule has 0 spiro atoms. The summed E-state index contributed by atoms with van der Waals surface area (Å²) in [5.74, 6) is 1.13. The molecule has 5 heteroatoms. The molecule has 1 saturated carbocycles. The number of hydrogen-bond donors (Lipinski definition) is 1. The van der Waals surface area contributed by atoms with Crippen LogP contribution in [0.1, 0.15) is 44.9 Å². The SMILES string of the molecule is NC(=S)CN1CCN(C(=O)CCC2CCCCC2)CC1. The van der Waals surface area contributed by atoms with Crippen molar-refractivity contribution in [3.63, 3.8) is 0 Å². The van der Waals surface area contributed by atoms with E-state index < -0.39 is 0 Å². The van der Waals surface area contributed by atoms with Gasteiger partial charge in [0.2, 0.25) is 5.91 Å². The topological polar surface area (TPSA) is 49.6 Å². The van der Waals surface area contributed by atoms with Crippen molar-refractivity contribution in [2.45, 2.75) is 44.9 Å². The number of nitrogens with two attached hydrogens (primary N) is 1. The van der Waals surface area contributed by atoms with Crippen molar-refractivity contribution >= 4 is 23.1 Å². The van der Waals surface area contributed by atoms with E-state index in [-0.39, 0.29) is 0 Å². The first-order chi connectivity index (χ1) is 9.65. The maximum Gasteiger partial charge on any atom is 0.222 e. The summed E-state index contributed by atoms with van der Waals surface area (Å²) in [7, 11) is 0. The third-order valence-electron chi connectivity index (χ3n) is 4.60. The molecular formula is C15H27N3OS. The molecule has 0 radical (unpaired) electrons. The minimum absolute atomic E-state index is 0.338. The van der Waals surface area contributed by atoms with Gasteiger partial charge in [-0.15, -0.1) is 0 Å². The van der Waals surface area contributed by atoms with Gasteiger partial charge in [-0.1, -0.05) is 44.3 Å². The Kier molecular flexibility index (Phi) is 6.23. The lowest BCUT2D eigenvalue weighted by atomic mass is 9.86. The van der Waals surface area contributed by atoms with E-state index in [1.165, 1.54) is 32.1 Å². The summed E-state index contributed by atoms with van der Waals surface area (Å²) < 4.78 is 0. The first kappa shape index (κ1) is 15.7. The fraction of sp³-hybridized carbons (Fsp3) is 0.867. The standard InChI is InChI=1S/C15H27N3OS/c16-14(20)12-17-8-10-18(11-9-17)15(19)7-6-13-4-2-1-3-5-13/h13H,1-12H2,(H2,16,20). The van der Waals surface area contributed by atoms with Crippen LogP contribution >= 0.6 is 12.2 Å².